The van der Waals surface area contributed by atoms with Crippen molar-refractivity contribution in [3.63, 3.8) is 0 Å². The fourth-order valence-electron chi connectivity index (χ4n) is 3.25. The number of aromatic nitrogens is 3. The highest BCUT2D eigenvalue weighted by Gasteiger charge is 2.27. The van der Waals surface area contributed by atoms with E-state index in [0.717, 1.165) is 23.1 Å². The number of hydrogen-bond acceptors (Lipinski definition) is 5. The van der Waals surface area contributed by atoms with Crippen LogP contribution in [0.1, 0.15) is 18.5 Å². The van der Waals surface area contributed by atoms with Crippen LogP contribution in [0.4, 0.5) is 5.82 Å². The zero-order valence-corrected chi connectivity index (χ0v) is 15.0. The number of amides is 1. The van der Waals surface area contributed by atoms with Gasteiger partial charge in [-0.25, -0.2) is 4.79 Å². The van der Waals surface area contributed by atoms with Crippen LogP contribution in [0.2, 0.25) is 0 Å². The molecule has 0 spiro atoms. The Balaban J connectivity index is 1.70. The molecule has 2 aromatic rings. The summed E-state index contributed by atoms with van der Waals surface area (Å²) in [6.07, 6.45) is 3.30. The molecule has 0 radical (unpaired) electrons. The molecule has 1 aliphatic heterocycles. The van der Waals surface area contributed by atoms with Crippen molar-refractivity contribution >= 4 is 11.7 Å². The third-order valence-electron chi connectivity index (χ3n) is 4.79. The first-order valence-corrected chi connectivity index (χ1v) is 8.67. The minimum absolute atomic E-state index is 0.0332. The van der Waals surface area contributed by atoms with E-state index in [4.69, 9.17) is 0 Å². The van der Waals surface area contributed by atoms with Crippen molar-refractivity contribution in [1.29, 1.82) is 0 Å². The molecule has 1 amide bonds. The largest absolute Gasteiger partial charge is 0.357 e. The molecule has 0 aliphatic carbocycles. The van der Waals surface area contributed by atoms with Gasteiger partial charge in [-0.3, -0.25) is 23.7 Å². The molecule has 0 aromatic carbocycles. The van der Waals surface area contributed by atoms with E-state index in [1.807, 2.05) is 23.1 Å². The van der Waals surface area contributed by atoms with Crippen molar-refractivity contribution in [3.05, 3.63) is 57.0 Å². The van der Waals surface area contributed by atoms with Gasteiger partial charge in [0.1, 0.15) is 5.82 Å². The lowest BCUT2D eigenvalue weighted by Crippen LogP contribution is -2.46. The summed E-state index contributed by atoms with van der Waals surface area (Å²) in [4.78, 5) is 42.8. The molecular formula is C18H23N5O3. The van der Waals surface area contributed by atoms with Gasteiger partial charge in [-0.1, -0.05) is 6.07 Å². The third kappa shape index (κ3) is 3.68. The molecule has 1 N–H and O–H groups in total. The molecule has 26 heavy (non-hydrogen) atoms. The Morgan fingerprint density at radius 3 is 2.81 bits per heavy atom. The lowest BCUT2D eigenvalue weighted by molar-refractivity contribution is -0.125. The smallest absolute Gasteiger partial charge is 0.332 e. The van der Waals surface area contributed by atoms with Gasteiger partial charge in [-0.05, 0) is 25.0 Å². The molecule has 0 saturated carbocycles. The molecule has 8 heteroatoms. The van der Waals surface area contributed by atoms with Crippen LogP contribution in [-0.4, -0.2) is 33.1 Å². The summed E-state index contributed by atoms with van der Waals surface area (Å²) in [5, 5.41) is 2.92. The summed E-state index contributed by atoms with van der Waals surface area (Å²) in [5.41, 5.74) is 0.0986. The predicted molar refractivity (Wildman–Crippen MR) is 97.9 cm³/mol. The van der Waals surface area contributed by atoms with Crippen LogP contribution in [-0.2, 0) is 25.4 Å². The zero-order valence-electron chi connectivity index (χ0n) is 15.0. The molecular weight excluding hydrogens is 334 g/mol. The van der Waals surface area contributed by atoms with Gasteiger partial charge in [0.25, 0.3) is 5.56 Å². The van der Waals surface area contributed by atoms with Crippen molar-refractivity contribution in [2.45, 2.75) is 19.4 Å². The van der Waals surface area contributed by atoms with Gasteiger partial charge in [0.2, 0.25) is 5.91 Å². The zero-order chi connectivity index (χ0) is 18.7. The van der Waals surface area contributed by atoms with Gasteiger partial charge in [0.15, 0.2) is 0 Å². The summed E-state index contributed by atoms with van der Waals surface area (Å²) < 4.78 is 2.53. The molecule has 2 aromatic heterocycles. The highest BCUT2D eigenvalue weighted by molar-refractivity contribution is 5.79. The molecule has 3 rings (SSSR count). The number of piperidine rings is 1. The normalized spacial score (nSPS) is 17.2. The van der Waals surface area contributed by atoms with Crippen LogP contribution in [0.5, 0.6) is 0 Å². The van der Waals surface area contributed by atoms with Gasteiger partial charge in [-0.2, -0.15) is 0 Å². The summed E-state index contributed by atoms with van der Waals surface area (Å²) in [7, 11) is 3.10. The number of hydrogen-bond donors (Lipinski definition) is 1. The predicted octanol–water partition coefficient (Wildman–Crippen LogP) is 0.0118. The second-order valence-corrected chi connectivity index (χ2v) is 6.57. The molecule has 1 saturated heterocycles. The maximum Gasteiger partial charge on any atom is 0.332 e. The number of rotatable bonds is 4. The van der Waals surface area contributed by atoms with Gasteiger partial charge in [-0.15, -0.1) is 0 Å². The Labute approximate surface area is 151 Å². The maximum absolute atomic E-state index is 12.5. The molecule has 3 heterocycles. The first-order valence-electron chi connectivity index (χ1n) is 8.67. The van der Waals surface area contributed by atoms with Gasteiger partial charge < -0.3 is 10.2 Å². The third-order valence-corrected chi connectivity index (χ3v) is 4.79. The summed E-state index contributed by atoms with van der Waals surface area (Å²) in [6.45, 7) is 1.58. The quantitative estimate of drug-likeness (QED) is 0.833. The number of nitrogens with zero attached hydrogens (tertiary/aromatic N) is 4. The SMILES string of the molecule is Cn1c(N2CCCC(C(=O)NCc3ccccn3)C2)cc(=O)n(C)c1=O. The Bertz CT molecular complexity index is 903. The van der Waals surface area contributed by atoms with Gasteiger partial charge in [0.05, 0.1) is 18.2 Å². The lowest BCUT2D eigenvalue weighted by Gasteiger charge is -2.34. The van der Waals surface area contributed by atoms with E-state index in [-0.39, 0.29) is 23.1 Å². The van der Waals surface area contributed by atoms with Crippen LogP contribution < -0.4 is 21.5 Å². The lowest BCUT2D eigenvalue weighted by atomic mass is 9.97. The fourth-order valence-corrected chi connectivity index (χ4v) is 3.25. The summed E-state index contributed by atoms with van der Waals surface area (Å²) >= 11 is 0. The monoisotopic (exact) mass is 357 g/mol. The van der Waals surface area contributed by atoms with Crippen molar-refractivity contribution < 1.29 is 4.79 Å². The number of pyridine rings is 1. The van der Waals surface area contributed by atoms with Crippen LogP contribution >= 0.6 is 0 Å². The average molecular weight is 357 g/mol. The average Bonchev–Trinajstić information content (AvgIpc) is 2.68. The van der Waals surface area contributed by atoms with Gasteiger partial charge >= 0.3 is 5.69 Å². The maximum atomic E-state index is 12.5. The Kier molecular flexibility index (Phi) is 5.20. The number of carbonyl (C=O) groups is 1. The van der Waals surface area contributed by atoms with E-state index in [1.165, 1.54) is 17.7 Å². The minimum Gasteiger partial charge on any atom is -0.357 e. The van der Waals surface area contributed by atoms with Crippen LogP contribution in [0.15, 0.2) is 40.1 Å². The molecule has 1 aliphatic rings. The van der Waals surface area contributed by atoms with E-state index < -0.39 is 0 Å². The van der Waals surface area contributed by atoms with Crippen LogP contribution in [0.3, 0.4) is 0 Å². The van der Waals surface area contributed by atoms with E-state index in [2.05, 4.69) is 10.3 Å². The van der Waals surface area contributed by atoms with Crippen LogP contribution in [0.25, 0.3) is 0 Å². The van der Waals surface area contributed by atoms with Crippen molar-refractivity contribution in [2.24, 2.45) is 20.0 Å². The van der Waals surface area contributed by atoms with E-state index >= 15 is 0 Å². The first kappa shape index (κ1) is 17.9. The molecule has 1 unspecified atom stereocenters. The Morgan fingerprint density at radius 2 is 2.08 bits per heavy atom. The standard InChI is InChI=1S/C18H23N5O3/c1-21-15(10-16(24)22(2)18(21)26)23-9-5-6-13(12-23)17(25)20-11-14-7-3-4-8-19-14/h3-4,7-8,10,13H,5-6,9,11-12H2,1-2H3,(H,20,25). The first-order chi connectivity index (χ1) is 12.5. The van der Waals surface area contributed by atoms with Crippen molar-refractivity contribution in [3.8, 4) is 0 Å². The fraction of sp³-hybridized carbons (Fsp3) is 0.444. The highest BCUT2D eigenvalue weighted by Crippen LogP contribution is 2.21. The Hall–Kier alpha value is -2.90. The highest BCUT2D eigenvalue weighted by atomic mass is 16.2. The van der Waals surface area contributed by atoms with E-state index in [9.17, 15) is 14.4 Å². The number of carbonyl (C=O) groups excluding carboxylic acids is 1. The Morgan fingerprint density at radius 1 is 1.27 bits per heavy atom. The molecule has 0 bridgehead atoms. The van der Waals surface area contributed by atoms with Crippen molar-refractivity contribution in [2.75, 3.05) is 18.0 Å². The number of anilines is 1. The van der Waals surface area contributed by atoms with Gasteiger partial charge in [0, 0.05) is 39.4 Å². The molecule has 138 valence electrons. The van der Waals surface area contributed by atoms with Crippen molar-refractivity contribution in [1.82, 2.24) is 19.4 Å². The topological polar surface area (TPSA) is 89.2 Å². The second-order valence-electron chi connectivity index (χ2n) is 6.57. The second kappa shape index (κ2) is 7.55. The summed E-state index contributed by atoms with van der Waals surface area (Å²) in [6, 6.07) is 7.03. The summed E-state index contributed by atoms with van der Waals surface area (Å²) in [5.74, 6) is 0.334. The molecule has 8 nitrogen and oxygen atoms in total. The molecule has 1 fully saturated rings. The van der Waals surface area contributed by atoms with E-state index in [0.29, 0.717) is 25.5 Å². The van der Waals surface area contributed by atoms with E-state index in [1.54, 1.807) is 13.2 Å². The minimum atomic E-state index is -0.366. The van der Waals surface area contributed by atoms with Crippen LogP contribution in [0, 0.1) is 5.92 Å². The molecule has 1 atom stereocenters. The number of nitrogens with one attached hydrogen (secondary N) is 1.